The molecule has 1 atom stereocenters. The van der Waals surface area contributed by atoms with E-state index in [1.165, 1.54) is 11.1 Å². The lowest BCUT2D eigenvalue weighted by Gasteiger charge is -2.17. The smallest absolute Gasteiger partial charge is 0.122 e. The summed E-state index contributed by atoms with van der Waals surface area (Å²) < 4.78 is 5.69. The van der Waals surface area contributed by atoms with Crippen molar-refractivity contribution in [3.8, 4) is 5.75 Å². The minimum absolute atomic E-state index is 0.549. The van der Waals surface area contributed by atoms with Gasteiger partial charge in [-0.1, -0.05) is 41.9 Å². The normalized spacial score (nSPS) is 12.5. The van der Waals surface area contributed by atoms with Gasteiger partial charge in [0.05, 0.1) is 6.61 Å². The lowest BCUT2D eigenvalue weighted by molar-refractivity contribution is 0.334. The maximum Gasteiger partial charge on any atom is 0.122 e. The number of hydrogen-bond acceptors (Lipinski definition) is 1. The molecule has 0 fully saturated rings. The van der Waals surface area contributed by atoms with Crippen molar-refractivity contribution in [2.45, 2.75) is 39.5 Å². The van der Waals surface area contributed by atoms with Gasteiger partial charge in [0.15, 0.2) is 0 Å². The zero-order valence-electron chi connectivity index (χ0n) is 10.4. The van der Waals surface area contributed by atoms with Gasteiger partial charge >= 0.3 is 0 Å². The Morgan fingerprint density at radius 1 is 1.31 bits per heavy atom. The van der Waals surface area contributed by atoms with Crippen LogP contribution >= 0.6 is 15.9 Å². The second-order valence-corrected chi connectivity index (χ2v) is 4.83. The molecule has 1 rings (SSSR count). The summed E-state index contributed by atoms with van der Waals surface area (Å²) in [5.41, 5.74) is 2.74. The third-order valence-electron chi connectivity index (χ3n) is 2.86. The summed E-state index contributed by atoms with van der Waals surface area (Å²) in [6.07, 6.45) is 2.23. The van der Waals surface area contributed by atoms with Crippen molar-refractivity contribution >= 4 is 15.9 Å². The molecular formula is C14H21BrO. The van der Waals surface area contributed by atoms with E-state index in [0.717, 1.165) is 30.5 Å². The molecule has 0 aliphatic carbocycles. The molecule has 90 valence electrons. The Kier molecular flexibility index (Phi) is 5.89. The van der Waals surface area contributed by atoms with Gasteiger partial charge < -0.3 is 4.74 Å². The van der Waals surface area contributed by atoms with E-state index in [1.54, 1.807) is 0 Å². The highest BCUT2D eigenvalue weighted by Crippen LogP contribution is 2.30. The topological polar surface area (TPSA) is 9.23 Å². The first kappa shape index (κ1) is 13.6. The van der Waals surface area contributed by atoms with E-state index in [1.807, 2.05) is 6.92 Å². The third-order valence-corrected chi connectivity index (χ3v) is 3.31. The number of hydrogen-bond donors (Lipinski definition) is 0. The Labute approximate surface area is 107 Å². The first-order valence-electron chi connectivity index (χ1n) is 6.04. The van der Waals surface area contributed by atoms with Crippen molar-refractivity contribution in [1.82, 2.24) is 0 Å². The van der Waals surface area contributed by atoms with Gasteiger partial charge in [-0.2, -0.15) is 0 Å². The SMILES string of the molecule is CCOc1ccc(CC)cc1C(C)CCBr. The largest absolute Gasteiger partial charge is 0.494 e. The van der Waals surface area contributed by atoms with Crippen molar-refractivity contribution in [2.75, 3.05) is 11.9 Å². The molecule has 0 aliphatic rings. The maximum atomic E-state index is 5.69. The van der Waals surface area contributed by atoms with Crippen LogP contribution < -0.4 is 4.74 Å². The van der Waals surface area contributed by atoms with E-state index in [0.29, 0.717) is 5.92 Å². The van der Waals surface area contributed by atoms with Crippen LogP contribution in [0.15, 0.2) is 18.2 Å². The zero-order chi connectivity index (χ0) is 12.0. The summed E-state index contributed by atoms with van der Waals surface area (Å²) in [7, 11) is 0. The summed E-state index contributed by atoms with van der Waals surface area (Å²) in [6.45, 7) is 7.22. The predicted molar refractivity (Wildman–Crippen MR) is 73.8 cm³/mol. The number of benzene rings is 1. The first-order valence-corrected chi connectivity index (χ1v) is 7.16. The lowest BCUT2D eigenvalue weighted by Crippen LogP contribution is -2.02. The molecule has 0 bridgehead atoms. The molecule has 16 heavy (non-hydrogen) atoms. The average molecular weight is 285 g/mol. The molecule has 0 aromatic heterocycles. The van der Waals surface area contributed by atoms with Gasteiger partial charge in [0.25, 0.3) is 0 Å². The van der Waals surface area contributed by atoms with Crippen LogP contribution in [-0.2, 0) is 6.42 Å². The number of alkyl halides is 1. The van der Waals surface area contributed by atoms with Gasteiger partial charge in [0, 0.05) is 5.33 Å². The van der Waals surface area contributed by atoms with Crippen molar-refractivity contribution in [1.29, 1.82) is 0 Å². The van der Waals surface area contributed by atoms with Gasteiger partial charge in [0.2, 0.25) is 0 Å². The predicted octanol–water partition coefficient (Wildman–Crippen LogP) is 4.54. The summed E-state index contributed by atoms with van der Waals surface area (Å²) in [4.78, 5) is 0. The summed E-state index contributed by atoms with van der Waals surface area (Å²) in [5, 5.41) is 1.04. The van der Waals surface area contributed by atoms with Crippen LogP contribution in [0.5, 0.6) is 5.75 Å². The Hall–Kier alpha value is -0.500. The fourth-order valence-electron chi connectivity index (χ4n) is 1.81. The van der Waals surface area contributed by atoms with Crippen LogP contribution in [0, 0.1) is 0 Å². The molecule has 1 aromatic rings. The second-order valence-electron chi connectivity index (χ2n) is 4.04. The molecule has 1 aromatic carbocycles. The Morgan fingerprint density at radius 2 is 2.06 bits per heavy atom. The maximum absolute atomic E-state index is 5.69. The van der Waals surface area contributed by atoms with Crippen LogP contribution in [0.25, 0.3) is 0 Å². The number of halogens is 1. The van der Waals surface area contributed by atoms with E-state index in [-0.39, 0.29) is 0 Å². The van der Waals surface area contributed by atoms with E-state index >= 15 is 0 Å². The standard InChI is InChI=1S/C14H21BrO/c1-4-12-6-7-14(16-5-2)13(10-12)11(3)8-9-15/h6-7,10-11H,4-5,8-9H2,1-3H3. The van der Waals surface area contributed by atoms with Gasteiger partial charge in [-0.3, -0.25) is 0 Å². The highest BCUT2D eigenvalue weighted by Gasteiger charge is 2.11. The minimum atomic E-state index is 0.549. The number of ether oxygens (including phenoxy) is 1. The molecule has 0 amide bonds. The molecule has 0 spiro atoms. The molecule has 1 unspecified atom stereocenters. The van der Waals surface area contributed by atoms with E-state index < -0.39 is 0 Å². The van der Waals surface area contributed by atoms with Crippen molar-refractivity contribution in [3.05, 3.63) is 29.3 Å². The second kappa shape index (κ2) is 6.95. The summed E-state index contributed by atoms with van der Waals surface area (Å²) in [5.74, 6) is 1.60. The van der Waals surface area contributed by atoms with Crippen LogP contribution in [0.4, 0.5) is 0 Å². The zero-order valence-corrected chi connectivity index (χ0v) is 12.0. The molecule has 0 aliphatic heterocycles. The Balaban J connectivity index is 2.99. The van der Waals surface area contributed by atoms with Gasteiger partial charge in [-0.25, -0.2) is 0 Å². The van der Waals surface area contributed by atoms with Crippen molar-refractivity contribution < 1.29 is 4.74 Å². The molecule has 2 heteroatoms. The monoisotopic (exact) mass is 284 g/mol. The van der Waals surface area contributed by atoms with Crippen LogP contribution in [0.1, 0.15) is 44.2 Å². The highest BCUT2D eigenvalue weighted by molar-refractivity contribution is 9.09. The van der Waals surface area contributed by atoms with E-state index in [2.05, 4.69) is 48.0 Å². The number of aryl methyl sites for hydroxylation is 1. The van der Waals surface area contributed by atoms with Crippen LogP contribution in [0.3, 0.4) is 0 Å². The van der Waals surface area contributed by atoms with Gasteiger partial charge in [0.1, 0.15) is 5.75 Å². The summed E-state index contributed by atoms with van der Waals surface area (Å²) >= 11 is 3.51. The van der Waals surface area contributed by atoms with Crippen molar-refractivity contribution in [3.63, 3.8) is 0 Å². The molecule has 0 saturated carbocycles. The fraction of sp³-hybridized carbons (Fsp3) is 0.571. The Bertz CT molecular complexity index is 323. The van der Waals surface area contributed by atoms with Gasteiger partial charge in [-0.15, -0.1) is 0 Å². The third kappa shape index (κ3) is 3.51. The van der Waals surface area contributed by atoms with Crippen LogP contribution in [-0.4, -0.2) is 11.9 Å². The first-order chi connectivity index (χ1) is 7.72. The molecule has 0 saturated heterocycles. The minimum Gasteiger partial charge on any atom is -0.494 e. The molecule has 0 N–H and O–H groups in total. The van der Waals surface area contributed by atoms with E-state index in [9.17, 15) is 0 Å². The van der Waals surface area contributed by atoms with Crippen LogP contribution in [0.2, 0.25) is 0 Å². The molecular weight excluding hydrogens is 264 g/mol. The Morgan fingerprint density at radius 3 is 2.62 bits per heavy atom. The highest BCUT2D eigenvalue weighted by atomic mass is 79.9. The lowest BCUT2D eigenvalue weighted by atomic mass is 9.95. The van der Waals surface area contributed by atoms with Gasteiger partial charge in [-0.05, 0) is 42.9 Å². The quantitative estimate of drug-likeness (QED) is 0.697. The molecule has 0 radical (unpaired) electrons. The molecule has 1 nitrogen and oxygen atoms in total. The fourth-order valence-corrected chi connectivity index (χ4v) is 2.50. The summed E-state index contributed by atoms with van der Waals surface area (Å²) in [6, 6.07) is 6.57. The van der Waals surface area contributed by atoms with E-state index in [4.69, 9.17) is 4.74 Å². The average Bonchev–Trinajstić information content (AvgIpc) is 2.30. The van der Waals surface area contributed by atoms with Crippen molar-refractivity contribution in [2.24, 2.45) is 0 Å². The molecule has 0 heterocycles. The number of rotatable bonds is 6.